The Hall–Kier alpha value is -2.71. The van der Waals surface area contributed by atoms with Gasteiger partial charge < -0.3 is 5.32 Å². The van der Waals surface area contributed by atoms with E-state index in [9.17, 15) is 18.0 Å². The highest BCUT2D eigenvalue weighted by Gasteiger charge is 2.36. The van der Waals surface area contributed by atoms with Crippen LogP contribution in [0.4, 0.5) is 5.69 Å². The molecule has 2 fully saturated rings. The first-order valence-electron chi connectivity index (χ1n) is 11.6. The second-order valence-electron chi connectivity index (χ2n) is 8.86. The molecule has 0 unspecified atom stereocenters. The molecule has 0 aliphatic carbocycles. The number of benzene rings is 2. The van der Waals surface area contributed by atoms with Gasteiger partial charge in [-0.2, -0.15) is 0 Å². The van der Waals surface area contributed by atoms with Crippen LogP contribution in [0.3, 0.4) is 0 Å². The highest BCUT2D eigenvalue weighted by Crippen LogP contribution is 2.26. The predicted octanol–water partition coefficient (Wildman–Crippen LogP) is 3.41. The summed E-state index contributed by atoms with van der Waals surface area (Å²) >= 11 is 0. The quantitative estimate of drug-likeness (QED) is 0.701. The number of sulfonamides is 1. The molecule has 2 aromatic rings. The largest absolute Gasteiger partial charge is 0.350 e. The Kier molecular flexibility index (Phi) is 7.14. The molecule has 33 heavy (non-hydrogen) atoms. The van der Waals surface area contributed by atoms with Crippen molar-refractivity contribution >= 4 is 27.5 Å². The Morgan fingerprint density at radius 2 is 1.61 bits per heavy atom. The van der Waals surface area contributed by atoms with E-state index in [1.54, 1.807) is 12.1 Å². The third-order valence-electron chi connectivity index (χ3n) is 6.44. The number of amides is 2. The number of carbonyl (C=O) groups is 2. The number of nitrogens with one attached hydrogen (secondary N) is 1. The van der Waals surface area contributed by atoms with E-state index in [1.165, 1.54) is 36.1 Å². The summed E-state index contributed by atoms with van der Waals surface area (Å²) < 4.78 is 25.1. The molecule has 2 amide bonds. The molecule has 2 aromatic carbocycles. The van der Waals surface area contributed by atoms with E-state index in [0.29, 0.717) is 12.1 Å². The maximum Gasteiger partial charge on any atom is 0.251 e. The molecule has 2 aliphatic heterocycles. The third-order valence-corrected chi connectivity index (χ3v) is 8.13. The predicted molar refractivity (Wildman–Crippen MR) is 129 cm³/mol. The zero-order valence-electron chi connectivity index (χ0n) is 19.0. The van der Waals surface area contributed by atoms with Crippen LogP contribution in [0.2, 0.25) is 0 Å². The molecular weight excluding hydrogens is 438 g/mol. The van der Waals surface area contributed by atoms with Crippen LogP contribution in [0.25, 0.3) is 0 Å². The van der Waals surface area contributed by atoms with Crippen LogP contribution >= 0.6 is 0 Å². The Labute approximate surface area is 195 Å². The summed E-state index contributed by atoms with van der Waals surface area (Å²) in [6.07, 6.45) is 4.80. The first kappa shape index (κ1) is 23.4. The minimum atomic E-state index is -3.62. The molecule has 2 saturated heterocycles. The summed E-state index contributed by atoms with van der Waals surface area (Å²) in [5.74, 6) is -0.833. The summed E-state index contributed by atoms with van der Waals surface area (Å²) in [6, 6.07) is 14.8. The SMILES string of the molecule is Cc1ccc([C@H](CNC(=O)c2ccc(N3C(=O)CCS3(=O)=O)cc2)N2CCCCCC2)cc1. The molecule has 8 heteroatoms. The van der Waals surface area contributed by atoms with Crippen molar-refractivity contribution in [3.05, 3.63) is 65.2 Å². The monoisotopic (exact) mass is 469 g/mol. The van der Waals surface area contributed by atoms with Gasteiger partial charge in [0.25, 0.3) is 5.91 Å². The van der Waals surface area contributed by atoms with Crippen molar-refractivity contribution in [2.24, 2.45) is 0 Å². The van der Waals surface area contributed by atoms with E-state index < -0.39 is 15.9 Å². The molecule has 176 valence electrons. The van der Waals surface area contributed by atoms with Gasteiger partial charge in [0, 0.05) is 18.5 Å². The lowest BCUT2D eigenvalue weighted by molar-refractivity contribution is -0.116. The minimum absolute atomic E-state index is 0.0124. The van der Waals surface area contributed by atoms with Crippen LogP contribution in [0, 0.1) is 6.92 Å². The average molecular weight is 470 g/mol. The highest BCUT2D eigenvalue weighted by molar-refractivity contribution is 7.94. The number of aryl methyl sites for hydroxylation is 1. The molecule has 1 N–H and O–H groups in total. The first-order chi connectivity index (χ1) is 15.8. The molecule has 0 spiro atoms. The fourth-order valence-electron chi connectivity index (χ4n) is 4.56. The number of carbonyl (C=O) groups excluding carboxylic acids is 2. The normalized spacial score (nSPS) is 19.8. The Bertz CT molecular complexity index is 1090. The molecule has 0 bridgehead atoms. The zero-order chi connectivity index (χ0) is 23.4. The van der Waals surface area contributed by atoms with Gasteiger partial charge in [-0.25, -0.2) is 12.7 Å². The van der Waals surface area contributed by atoms with Crippen molar-refractivity contribution in [3.8, 4) is 0 Å². The van der Waals surface area contributed by atoms with Crippen molar-refractivity contribution in [3.63, 3.8) is 0 Å². The second-order valence-corrected chi connectivity index (χ2v) is 10.8. The molecule has 0 radical (unpaired) electrons. The fourth-order valence-corrected chi connectivity index (χ4v) is 6.02. The fraction of sp³-hybridized carbons (Fsp3) is 0.440. The van der Waals surface area contributed by atoms with E-state index >= 15 is 0 Å². The lowest BCUT2D eigenvalue weighted by atomic mass is 10.0. The summed E-state index contributed by atoms with van der Waals surface area (Å²) in [5, 5.41) is 3.06. The smallest absolute Gasteiger partial charge is 0.251 e. The Balaban J connectivity index is 1.46. The topological polar surface area (TPSA) is 86.8 Å². The van der Waals surface area contributed by atoms with Crippen LogP contribution in [0.1, 0.15) is 59.6 Å². The maximum absolute atomic E-state index is 12.9. The third kappa shape index (κ3) is 5.45. The maximum atomic E-state index is 12.9. The first-order valence-corrected chi connectivity index (χ1v) is 13.2. The van der Waals surface area contributed by atoms with Crippen LogP contribution in [-0.2, 0) is 14.8 Å². The van der Waals surface area contributed by atoms with Crippen LogP contribution in [0.15, 0.2) is 48.5 Å². The van der Waals surface area contributed by atoms with Crippen molar-refractivity contribution in [2.75, 3.05) is 29.7 Å². The van der Waals surface area contributed by atoms with E-state index in [0.717, 1.165) is 30.2 Å². The van der Waals surface area contributed by atoms with Crippen LogP contribution in [0.5, 0.6) is 0 Å². The lowest BCUT2D eigenvalue weighted by Gasteiger charge is -2.31. The van der Waals surface area contributed by atoms with Gasteiger partial charge in [-0.3, -0.25) is 14.5 Å². The van der Waals surface area contributed by atoms with Gasteiger partial charge >= 0.3 is 0 Å². The van der Waals surface area contributed by atoms with E-state index in [-0.39, 0.29) is 29.8 Å². The molecule has 2 heterocycles. The summed E-state index contributed by atoms with van der Waals surface area (Å²) in [7, 11) is -3.62. The zero-order valence-corrected chi connectivity index (χ0v) is 19.8. The lowest BCUT2D eigenvalue weighted by Crippen LogP contribution is -2.38. The molecule has 0 aromatic heterocycles. The van der Waals surface area contributed by atoms with Gasteiger partial charge in [0.15, 0.2) is 0 Å². The van der Waals surface area contributed by atoms with Gasteiger partial charge in [-0.05, 0) is 62.7 Å². The summed E-state index contributed by atoms with van der Waals surface area (Å²) in [6.45, 7) is 4.59. The average Bonchev–Trinajstić information content (AvgIpc) is 2.97. The standard InChI is InChI=1S/C25H31N3O4S/c1-19-6-8-20(9-7-19)23(27-15-4-2-3-5-16-27)18-26-25(30)21-10-12-22(13-11-21)28-24(29)14-17-33(28,31)32/h6-13,23H,2-5,14-18H2,1H3,(H,26,30)/t23-/m0/s1. The second kappa shape index (κ2) is 10.1. The number of likely N-dealkylation sites (tertiary alicyclic amines) is 1. The van der Waals surface area contributed by atoms with Crippen molar-refractivity contribution in [1.82, 2.24) is 10.2 Å². The van der Waals surface area contributed by atoms with Crippen molar-refractivity contribution < 1.29 is 18.0 Å². The van der Waals surface area contributed by atoms with Crippen LogP contribution in [-0.4, -0.2) is 50.5 Å². The van der Waals surface area contributed by atoms with Gasteiger partial charge in [0.2, 0.25) is 15.9 Å². The molecule has 7 nitrogen and oxygen atoms in total. The highest BCUT2D eigenvalue weighted by atomic mass is 32.2. The van der Waals surface area contributed by atoms with E-state index in [2.05, 4.69) is 41.4 Å². The van der Waals surface area contributed by atoms with Gasteiger partial charge in [0.1, 0.15) is 0 Å². The minimum Gasteiger partial charge on any atom is -0.350 e. The van der Waals surface area contributed by atoms with Gasteiger partial charge in [-0.1, -0.05) is 42.7 Å². The number of anilines is 1. The summed E-state index contributed by atoms with van der Waals surface area (Å²) in [4.78, 5) is 27.3. The van der Waals surface area contributed by atoms with Gasteiger partial charge in [-0.15, -0.1) is 0 Å². The Morgan fingerprint density at radius 1 is 0.970 bits per heavy atom. The number of hydrogen-bond acceptors (Lipinski definition) is 5. The number of rotatable bonds is 6. The summed E-state index contributed by atoms with van der Waals surface area (Å²) in [5.41, 5.74) is 3.10. The number of hydrogen-bond donors (Lipinski definition) is 1. The van der Waals surface area contributed by atoms with E-state index in [4.69, 9.17) is 0 Å². The van der Waals surface area contributed by atoms with E-state index in [1.807, 2.05) is 0 Å². The molecule has 0 saturated carbocycles. The molecule has 4 rings (SSSR count). The number of nitrogens with zero attached hydrogens (tertiary/aromatic N) is 2. The molecule has 1 atom stereocenters. The van der Waals surface area contributed by atoms with Gasteiger partial charge in [0.05, 0.1) is 17.5 Å². The van der Waals surface area contributed by atoms with Crippen molar-refractivity contribution in [1.29, 1.82) is 0 Å². The van der Waals surface area contributed by atoms with Crippen molar-refractivity contribution in [2.45, 2.75) is 45.1 Å². The van der Waals surface area contributed by atoms with Crippen LogP contribution < -0.4 is 9.62 Å². The molecule has 2 aliphatic rings. The molecular formula is C25H31N3O4S. The Morgan fingerprint density at radius 3 is 2.18 bits per heavy atom.